The van der Waals surface area contributed by atoms with Crippen LogP contribution >= 0.6 is 11.8 Å². The summed E-state index contributed by atoms with van der Waals surface area (Å²) in [5.74, 6) is 0.0281. The molecule has 5 nitrogen and oxygen atoms in total. The summed E-state index contributed by atoms with van der Waals surface area (Å²) < 4.78 is 1.76. The molecule has 0 aliphatic heterocycles. The second-order valence-corrected chi connectivity index (χ2v) is 12.7. The van der Waals surface area contributed by atoms with Gasteiger partial charge in [-0.3, -0.25) is 14.2 Å². The van der Waals surface area contributed by atoms with E-state index in [0.29, 0.717) is 11.7 Å². The topological polar surface area (TPSA) is 64.0 Å². The molecule has 0 saturated heterocycles. The van der Waals surface area contributed by atoms with Gasteiger partial charge in [0.25, 0.3) is 5.56 Å². The number of hydrogen-bond acceptors (Lipinski definition) is 4. The van der Waals surface area contributed by atoms with Crippen molar-refractivity contribution in [1.29, 1.82) is 0 Å². The van der Waals surface area contributed by atoms with Crippen LogP contribution in [0.25, 0.3) is 11.3 Å². The van der Waals surface area contributed by atoms with Gasteiger partial charge >= 0.3 is 0 Å². The van der Waals surface area contributed by atoms with Crippen LogP contribution < -0.4 is 10.9 Å². The van der Waals surface area contributed by atoms with Crippen molar-refractivity contribution in [2.75, 3.05) is 5.75 Å². The van der Waals surface area contributed by atoms with Crippen molar-refractivity contribution in [2.24, 2.45) is 0 Å². The Hall–Kier alpha value is -3.90. The fourth-order valence-electron chi connectivity index (χ4n) is 6.72. The largest absolute Gasteiger partial charge is 0.344 e. The Morgan fingerprint density at radius 3 is 2.21 bits per heavy atom. The Morgan fingerprint density at radius 1 is 0.952 bits per heavy atom. The van der Waals surface area contributed by atoms with Crippen LogP contribution in [-0.4, -0.2) is 21.2 Å². The molecule has 6 heteroatoms. The average molecular weight is 576 g/mol. The monoisotopic (exact) mass is 575 g/mol. The van der Waals surface area contributed by atoms with Crippen LogP contribution in [0.4, 0.5) is 0 Å². The van der Waals surface area contributed by atoms with Crippen LogP contribution in [0.2, 0.25) is 0 Å². The fraction of sp³-hybridized carbons (Fsp3) is 0.306. The summed E-state index contributed by atoms with van der Waals surface area (Å²) in [7, 11) is 0. The van der Waals surface area contributed by atoms with Gasteiger partial charge in [0, 0.05) is 17.5 Å². The van der Waals surface area contributed by atoms with Gasteiger partial charge in [0.1, 0.15) is 0 Å². The molecule has 1 fully saturated rings. The number of aromatic nitrogens is 2. The van der Waals surface area contributed by atoms with E-state index in [2.05, 4.69) is 30.1 Å². The van der Waals surface area contributed by atoms with Crippen molar-refractivity contribution in [2.45, 2.75) is 68.6 Å². The summed E-state index contributed by atoms with van der Waals surface area (Å²) in [6.45, 7) is 6.43. The predicted octanol–water partition coefficient (Wildman–Crippen LogP) is 7.24. The first-order valence-corrected chi connectivity index (χ1v) is 15.8. The maximum absolute atomic E-state index is 14.4. The zero-order valence-electron chi connectivity index (χ0n) is 24.1. The molecule has 4 aromatic rings. The summed E-state index contributed by atoms with van der Waals surface area (Å²) >= 11 is 1.32. The van der Waals surface area contributed by atoms with Crippen LogP contribution in [0, 0.1) is 0 Å². The molecule has 1 amide bonds. The lowest BCUT2D eigenvalue weighted by Gasteiger charge is -2.42. The summed E-state index contributed by atoms with van der Waals surface area (Å²) in [6.07, 6.45) is 6.36. The molecule has 6 rings (SSSR count). The zero-order valence-corrected chi connectivity index (χ0v) is 25.0. The molecule has 0 bridgehead atoms. The Morgan fingerprint density at radius 2 is 1.57 bits per heavy atom. The normalized spacial score (nSPS) is 15.2. The van der Waals surface area contributed by atoms with Crippen LogP contribution in [0.5, 0.6) is 0 Å². The SMILES string of the molecule is C=C(C)Cn1c(SCC(=O)NC(c2ccccc2)c2ccccc2)nc2c(c1=O)C1(CCCCC1)Cc1ccccc1-2. The Kier molecular flexibility index (Phi) is 8.16. The number of rotatable bonds is 8. The molecule has 1 aromatic heterocycles. The number of amides is 1. The minimum absolute atomic E-state index is 0.0220. The number of carbonyl (C=O) groups excluding carboxylic acids is 1. The molecule has 214 valence electrons. The number of carbonyl (C=O) groups is 1. The van der Waals surface area contributed by atoms with Crippen molar-refractivity contribution in [3.8, 4) is 11.3 Å². The average Bonchev–Trinajstić information content (AvgIpc) is 3.01. The summed E-state index contributed by atoms with van der Waals surface area (Å²) in [6, 6.07) is 28.1. The Bertz CT molecular complexity index is 1620. The highest BCUT2D eigenvalue weighted by Crippen LogP contribution is 2.48. The molecule has 1 heterocycles. The zero-order chi connectivity index (χ0) is 29.1. The molecular formula is C36H37N3O2S. The molecule has 0 atom stereocenters. The molecular weight excluding hydrogens is 538 g/mol. The second-order valence-electron chi connectivity index (χ2n) is 11.8. The number of fused-ring (bicyclic) bond motifs is 4. The van der Waals surface area contributed by atoms with Gasteiger partial charge in [-0.2, -0.15) is 0 Å². The molecule has 1 spiro atoms. The standard InChI is InChI=1S/C36H37N3O2S/c1-25(2)23-39-34(41)31-33(29-19-11-10-18-28(29)22-36(31)20-12-5-13-21-36)38-35(39)42-24-30(40)37-32(26-14-6-3-7-15-26)27-16-8-4-9-17-27/h3-4,6-11,14-19,32H,1,5,12-13,20-24H2,2H3,(H,37,40). The van der Waals surface area contributed by atoms with E-state index in [-0.39, 0.29) is 28.7 Å². The molecule has 42 heavy (non-hydrogen) atoms. The van der Waals surface area contributed by atoms with Crippen molar-refractivity contribution in [3.05, 3.63) is 130 Å². The fourth-order valence-corrected chi connectivity index (χ4v) is 7.53. The first-order valence-electron chi connectivity index (χ1n) is 14.9. The quantitative estimate of drug-likeness (QED) is 0.137. The number of thioether (sulfide) groups is 1. The molecule has 3 aromatic carbocycles. The second kappa shape index (κ2) is 12.1. The minimum Gasteiger partial charge on any atom is -0.344 e. The molecule has 2 aliphatic rings. The smallest absolute Gasteiger partial charge is 0.258 e. The van der Waals surface area contributed by atoms with Crippen LogP contribution in [-0.2, 0) is 23.2 Å². The predicted molar refractivity (Wildman–Crippen MR) is 171 cm³/mol. The molecule has 0 radical (unpaired) electrons. The molecule has 2 aliphatic carbocycles. The van der Waals surface area contributed by atoms with Gasteiger partial charge in [0.2, 0.25) is 5.91 Å². The first kappa shape index (κ1) is 28.2. The number of nitrogens with one attached hydrogen (secondary N) is 1. The van der Waals surface area contributed by atoms with Gasteiger partial charge in [-0.05, 0) is 42.9 Å². The van der Waals surface area contributed by atoms with Gasteiger partial charge in [-0.1, -0.05) is 128 Å². The summed E-state index contributed by atoms with van der Waals surface area (Å²) in [5.41, 5.74) is 6.73. The molecule has 0 unspecified atom stereocenters. The third-order valence-corrected chi connectivity index (χ3v) is 9.58. The van der Waals surface area contributed by atoms with Gasteiger partial charge in [0.05, 0.1) is 23.1 Å². The van der Waals surface area contributed by atoms with Gasteiger partial charge < -0.3 is 5.32 Å². The highest BCUT2D eigenvalue weighted by molar-refractivity contribution is 7.99. The van der Waals surface area contributed by atoms with E-state index in [9.17, 15) is 9.59 Å². The molecule has 1 N–H and O–H groups in total. The molecule has 1 saturated carbocycles. The van der Waals surface area contributed by atoms with Gasteiger partial charge in [-0.15, -0.1) is 0 Å². The van der Waals surface area contributed by atoms with Crippen LogP contribution in [0.15, 0.2) is 107 Å². The van der Waals surface area contributed by atoms with Crippen LogP contribution in [0.1, 0.15) is 67.3 Å². The maximum Gasteiger partial charge on any atom is 0.258 e. The third kappa shape index (κ3) is 5.60. The number of benzene rings is 3. The lowest BCUT2D eigenvalue weighted by atomic mass is 9.62. The van der Waals surface area contributed by atoms with E-state index in [0.717, 1.165) is 65.6 Å². The highest BCUT2D eigenvalue weighted by Gasteiger charge is 2.43. The van der Waals surface area contributed by atoms with Crippen molar-refractivity contribution >= 4 is 17.7 Å². The van der Waals surface area contributed by atoms with Gasteiger partial charge in [-0.25, -0.2) is 4.98 Å². The van der Waals surface area contributed by atoms with E-state index in [4.69, 9.17) is 4.98 Å². The van der Waals surface area contributed by atoms with E-state index in [1.807, 2.05) is 73.7 Å². The lowest BCUT2D eigenvalue weighted by molar-refractivity contribution is -0.119. The minimum atomic E-state index is -0.271. The van der Waals surface area contributed by atoms with E-state index < -0.39 is 0 Å². The van der Waals surface area contributed by atoms with Gasteiger partial charge in [0.15, 0.2) is 5.16 Å². The number of nitrogens with zero attached hydrogens (tertiary/aromatic N) is 2. The Balaban J connectivity index is 1.35. The number of hydrogen-bond donors (Lipinski definition) is 1. The summed E-state index contributed by atoms with van der Waals surface area (Å²) in [5, 5.41) is 3.79. The van der Waals surface area contributed by atoms with Crippen molar-refractivity contribution in [1.82, 2.24) is 14.9 Å². The Labute approximate surface area is 252 Å². The van der Waals surface area contributed by atoms with Crippen LogP contribution in [0.3, 0.4) is 0 Å². The van der Waals surface area contributed by atoms with Crippen molar-refractivity contribution < 1.29 is 4.79 Å². The summed E-state index contributed by atoms with van der Waals surface area (Å²) in [4.78, 5) is 33.1. The first-order chi connectivity index (χ1) is 20.4. The van der Waals surface area contributed by atoms with E-state index in [1.54, 1.807) is 4.57 Å². The highest BCUT2D eigenvalue weighted by atomic mass is 32.2. The van der Waals surface area contributed by atoms with E-state index >= 15 is 0 Å². The lowest BCUT2D eigenvalue weighted by Crippen LogP contribution is -2.43. The third-order valence-electron chi connectivity index (χ3n) is 8.61. The maximum atomic E-state index is 14.4. The van der Waals surface area contributed by atoms with Crippen molar-refractivity contribution in [3.63, 3.8) is 0 Å². The number of allylic oxidation sites excluding steroid dienone is 1. The van der Waals surface area contributed by atoms with E-state index in [1.165, 1.54) is 23.7 Å².